The molecule has 0 atom stereocenters. The Hall–Kier alpha value is -2.02. The molecule has 0 fully saturated rings. The summed E-state index contributed by atoms with van der Waals surface area (Å²) in [4.78, 5) is 24.9. The highest BCUT2D eigenvalue weighted by molar-refractivity contribution is 5.94. The Labute approximate surface area is 122 Å². The topological polar surface area (TPSA) is 75.4 Å². The summed E-state index contributed by atoms with van der Waals surface area (Å²) in [7, 11) is 0. The number of para-hydroxylation sites is 1. The van der Waals surface area contributed by atoms with Gasteiger partial charge in [0.05, 0.1) is 6.54 Å². The highest BCUT2D eigenvalue weighted by Gasteiger charge is 2.17. The molecule has 0 aliphatic rings. The Balaban J connectivity index is 2.65. The Morgan fingerprint density at radius 2 is 1.90 bits per heavy atom. The molecule has 1 rings (SSSR count). The van der Waals surface area contributed by atoms with Gasteiger partial charge >= 0.3 is 0 Å². The summed E-state index contributed by atoms with van der Waals surface area (Å²) in [6.45, 7) is 2.18. The van der Waals surface area contributed by atoms with Crippen LogP contribution in [-0.4, -0.2) is 36.3 Å². The second kappa shape index (κ2) is 8.31. The van der Waals surface area contributed by atoms with Crippen molar-refractivity contribution in [3.05, 3.63) is 29.8 Å². The maximum absolute atomic E-state index is 13.4. The minimum Gasteiger partial charge on any atom is -0.334 e. The number of halogens is 2. The summed E-state index contributed by atoms with van der Waals surface area (Å²) < 4.78 is 26.8. The van der Waals surface area contributed by atoms with Crippen LogP contribution in [0.1, 0.15) is 19.8 Å². The van der Waals surface area contributed by atoms with E-state index in [4.69, 9.17) is 5.73 Å². The highest BCUT2D eigenvalue weighted by atomic mass is 19.1. The third-order valence-electron chi connectivity index (χ3n) is 2.89. The molecule has 0 heterocycles. The summed E-state index contributed by atoms with van der Waals surface area (Å²) in [6, 6.07) is 3.29. The van der Waals surface area contributed by atoms with E-state index in [0.717, 1.165) is 12.1 Å². The second-order valence-electron chi connectivity index (χ2n) is 4.44. The second-order valence-corrected chi connectivity index (χ2v) is 4.44. The van der Waals surface area contributed by atoms with Crippen LogP contribution in [0.4, 0.5) is 14.5 Å². The van der Waals surface area contributed by atoms with Gasteiger partial charge in [-0.15, -0.1) is 0 Å². The van der Waals surface area contributed by atoms with Gasteiger partial charge in [-0.3, -0.25) is 9.59 Å². The molecule has 0 saturated carbocycles. The first kappa shape index (κ1) is 17.0. The lowest BCUT2D eigenvalue weighted by molar-refractivity contribution is -0.134. The Bertz CT molecular complexity index is 489. The van der Waals surface area contributed by atoms with E-state index in [-0.39, 0.29) is 18.9 Å². The predicted octanol–water partition coefficient (Wildman–Crippen LogP) is 1.49. The van der Waals surface area contributed by atoms with Crippen LogP contribution >= 0.6 is 0 Å². The fourth-order valence-corrected chi connectivity index (χ4v) is 1.76. The molecule has 5 nitrogen and oxygen atoms in total. The standard InChI is InChI=1S/C14H19F2N3O2/c1-2-19(13(21)7-4-8-17)9-12(20)18-14-10(15)5-3-6-11(14)16/h3,5-6H,2,4,7-9,17H2,1H3,(H,18,20). The zero-order valence-corrected chi connectivity index (χ0v) is 11.9. The van der Waals surface area contributed by atoms with E-state index in [1.54, 1.807) is 6.92 Å². The number of benzene rings is 1. The van der Waals surface area contributed by atoms with E-state index < -0.39 is 23.2 Å². The fraction of sp³-hybridized carbons (Fsp3) is 0.429. The molecular weight excluding hydrogens is 280 g/mol. The number of hydrogen-bond acceptors (Lipinski definition) is 3. The van der Waals surface area contributed by atoms with Crippen molar-refractivity contribution in [3.63, 3.8) is 0 Å². The van der Waals surface area contributed by atoms with Crippen molar-refractivity contribution < 1.29 is 18.4 Å². The molecule has 116 valence electrons. The minimum atomic E-state index is -0.860. The lowest BCUT2D eigenvalue weighted by Crippen LogP contribution is -2.38. The summed E-state index contributed by atoms with van der Waals surface area (Å²) in [5, 5.41) is 2.15. The SMILES string of the molecule is CCN(CC(=O)Nc1c(F)cccc1F)C(=O)CCCN. The first-order valence-corrected chi connectivity index (χ1v) is 6.71. The third-order valence-corrected chi connectivity index (χ3v) is 2.89. The van der Waals surface area contributed by atoms with Crippen LogP contribution in [0.3, 0.4) is 0 Å². The number of anilines is 1. The number of carbonyl (C=O) groups excluding carboxylic acids is 2. The molecule has 1 aromatic rings. The van der Waals surface area contributed by atoms with Crippen molar-refractivity contribution in [1.82, 2.24) is 4.90 Å². The van der Waals surface area contributed by atoms with Gasteiger partial charge in [-0.2, -0.15) is 0 Å². The van der Waals surface area contributed by atoms with Gasteiger partial charge in [-0.25, -0.2) is 8.78 Å². The number of likely N-dealkylation sites (N-methyl/N-ethyl adjacent to an activating group) is 1. The summed E-state index contributed by atoms with van der Waals surface area (Å²) in [6.07, 6.45) is 0.768. The van der Waals surface area contributed by atoms with Crippen LogP contribution in [-0.2, 0) is 9.59 Å². The molecule has 0 aliphatic heterocycles. The third kappa shape index (κ3) is 5.11. The number of nitrogens with zero attached hydrogens (tertiary/aromatic N) is 1. The molecule has 1 aromatic carbocycles. The van der Waals surface area contributed by atoms with E-state index in [2.05, 4.69) is 5.32 Å². The van der Waals surface area contributed by atoms with Crippen molar-refractivity contribution in [2.45, 2.75) is 19.8 Å². The van der Waals surface area contributed by atoms with Gasteiger partial charge in [0.25, 0.3) is 0 Å². The van der Waals surface area contributed by atoms with Gasteiger partial charge in [-0.05, 0) is 32.0 Å². The Kier molecular flexibility index (Phi) is 6.74. The van der Waals surface area contributed by atoms with Gasteiger partial charge in [0.15, 0.2) is 0 Å². The van der Waals surface area contributed by atoms with Crippen LogP contribution in [0.15, 0.2) is 18.2 Å². The maximum Gasteiger partial charge on any atom is 0.244 e. The van der Waals surface area contributed by atoms with Gasteiger partial charge < -0.3 is 16.0 Å². The molecule has 0 aromatic heterocycles. The molecule has 0 radical (unpaired) electrons. The molecule has 0 spiro atoms. The average molecular weight is 299 g/mol. The normalized spacial score (nSPS) is 10.3. The highest BCUT2D eigenvalue weighted by Crippen LogP contribution is 2.17. The van der Waals surface area contributed by atoms with Crippen LogP contribution in [0.5, 0.6) is 0 Å². The van der Waals surface area contributed by atoms with Crippen molar-refractivity contribution >= 4 is 17.5 Å². The quantitative estimate of drug-likeness (QED) is 0.801. The van der Waals surface area contributed by atoms with E-state index in [9.17, 15) is 18.4 Å². The number of carbonyl (C=O) groups is 2. The lowest BCUT2D eigenvalue weighted by Gasteiger charge is -2.20. The van der Waals surface area contributed by atoms with Crippen LogP contribution in [0.2, 0.25) is 0 Å². The van der Waals surface area contributed by atoms with Crippen LogP contribution in [0, 0.1) is 11.6 Å². The van der Waals surface area contributed by atoms with Crippen molar-refractivity contribution in [3.8, 4) is 0 Å². The zero-order valence-electron chi connectivity index (χ0n) is 11.9. The number of rotatable bonds is 7. The van der Waals surface area contributed by atoms with Crippen molar-refractivity contribution in [2.75, 3.05) is 25.0 Å². The maximum atomic E-state index is 13.4. The lowest BCUT2D eigenvalue weighted by atomic mass is 10.2. The van der Waals surface area contributed by atoms with Crippen LogP contribution < -0.4 is 11.1 Å². The Morgan fingerprint density at radius 1 is 1.29 bits per heavy atom. The summed E-state index contributed by atoms with van der Waals surface area (Å²) >= 11 is 0. The summed E-state index contributed by atoms with van der Waals surface area (Å²) in [5.41, 5.74) is 4.82. The first-order chi connectivity index (χ1) is 9.99. The van der Waals surface area contributed by atoms with Gasteiger partial charge in [0.1, 0.15) is 17.3 Å². The molecule has 7 heteroatoms. The molecule has 0 aliphatic carbocycles. The van der Waals surface area contributed by atoms with E-state index >= 15 is 0 Å². The molecular formula is C14H19F2N3O2. The van der Waals surface area contributed by atoms with Crippen molar-refractivity contribution in [2.24, 2.45) is 5.73 Å². The Morgan fingerprint density at radius 3 is 2.43 bits per heavy atom. The van der Waals surface area contributed by atoms with E-state index in [1.165, 1.54) is 11.0 Å². The van der Waals surface area contributed by atoms with Gasteiger partial charge in [-0.1, -0.05) is 6.07 Å². The minimum absolute atomic E-state index is 0.216. The van der Waals surface area contributed by atoms with Gasteiger partial charge in [0.2, 0.25) is 11.8 Å². The number of hydrogen-bond donors (Lipinski definition) is 2. The largest absolute Gasteiger partial charge is 0.334 e. The number of amides is 2. The average Bonchev–Trinajstić information content (AvgIpc) is 2.46. The van der Waals surface area contributed by atoms with E-state index in [1.807, 2.05) is 0 Å². The fourth-order valence-electron chi connectivity index (χ4n) is 1.76. The molecule has 0 bridgehead atoms. The molecule has 3 N–H and O–H groups in total. The number of nitrogens with two attached hydrogens (primary N) is 1. The molecule has 21 heavy (non-hydrogen) atoms. The van der Waals surface area contributed by atoms with Crippen LogP contribution in [0.25, 0.3) is 0 Å². The zero-order chi connectivity index (χ0) is 15.8. The number of nitrogens with one attached hydrogen (secondary N) is 1. The van der Waals surface area contributed by atoms with E-state index in [0.29, 0.717) is 19.5 Å². The molecule has 2 amide bonds. The first-order valence-electron chi connectivity index (χ1n) is 6.71. The monoisotopic (exact) mass is 299 g/mol. The molecule has 0 unspecified atom stereocenters. The van der Waals surface area contributed by atoms with Crippen molar-refractivity contribution in [1.29, 1.82) is 0 Å². The summed E-state index contributed by atoms with van der Waals surface area (Å²) in [5.74, 6) is -2.59. The predicted molar refractivity (Wildman–Crippen MR) is 75.5 cm³/mol. The van der Waals surface area contributed by atoms with Gasteiger partial charge in [0, 0.05) is 13.0 Å². The molecule has 0 saturated heterocycles. The smallest absolute Gasteiger partial charge is 0.244 e.